The predicted molar refractivity (Wildman–Crippen MR) is 95.1 cm³/mol. The molecular weight excluding hydrogens is 298 g/mol. The van der Waals surface area contributed by atoms with Crippen LogP contribution in [0.25, 0.3) is 0 Å². The molecule has 1 aliphatic rings. The Labute approximate surface area is 142 Å². The average Bonchev–Trinajstić information content (AvgIpc) is 2.60. The van der Waals surface area contributed by atoms with Crippen LogP contribution in [0.1, 0.15) is 27.9 Å². The van der Waals surface area contributed by atoms with Gasteiger partial charge in [-0.3, -0.25) is 4.79 Å². The van der Waals surface area contributed by atoms with Crippen LogP contribution >= 0.6 is 0 Å². The van der Waals surface area contributed by atoms with Crippen LogP contribution in [-0.4, -0.2) is 37.5 Å². The molecule has 1 unspecified atom stereocenters. The molecule has 2 aromatic rings. The molecule has 0 N–H and O–H groups in total. The van der Waals surface area contributed by atoms with Gasteiger partial charge >= 0.3 is 0 Å². The van der Waals surface area contributed by atoms with E-state index in [4.69, 9.17) is 5.26 Å². The first-order valence-electron chi connectivity index (χ1n) is 8.16. The Balaban J connectivity index is 2.02. The van der Waals surface area contributed by atoms with Crippen molar-refractivity contribution in [2.75, 3.05) is 25.5 Å². The van der Waals surface area contributed by atoms with Crippen molar-refractivity contribution < 1.29 is 4.79 Å². The average molecular weight is 319 g/mol. The van der Waals surface area contributed by atoms with Gasteiger partial charge in [0.2, 0.25) is 0 Å². The molecule has 4 nitrogen and oxygen atoms in total. The standard InChI is InChI=1S/C20H21N3O/c1-22(2)14-18-11-10-16-7-3-4-9-19(16)23(18)20(24)17-8-5-6-15(12-17)13-21/h3-9,12,18H,10-11,14H2,1-2H3. The molecule has 0 bridgehead atoms. The molecule has 0 saturated heterocycles. The van der Waals surface area contributed by atoms with Crippen molar-refractivity contribution in [1.29, 1.82) is 5.26 Å². The lowest BCUT2D eigenvalue weighted by Gasteiger charge is -2.38. The second-order valence-electron chi connectivity index (χ2n) is 6.45. The van der Waals surface area contributed by atoms with Crippen molar-refractivity contribution in [2.24, 2.45) is 0 Å². The SMILES string of the molecule is CN(C)CC1CCc2ccccc2N1C(=O)c1cccc(C#N)c1. The summed E-state index contributed by atoms with van der Waals surface area (Å²) in [4.78, 5) is 17.2. The topological polar surface area (TPSA) is 47.3 Å². The fourth-order valence-corrected chi connectivity index (χ4v) is 3.34. The van der Waals surface area contributed by atoms with E-state index in [1.54, 1.807) is 24.3 Å². The molecule has 3 rings (SSSR count). The number of aryl methyl sites for hydroxylation is 1. The van der Waals surface area contributed by atoms with E-state index >= 15 is 0 Å². The monoisotopic (exact) mass is 319 g/mol. The number of amides is 1. The lowest BCUT2D eigenvalue weighted by atomic mass is 9.94. The molecule has 0 spiro atoms. The molecule has 0 radical (unpaired) electrons. The molecule has 122 valence electrons. The summed E-state index contributed by atoms with van der Waals surface area (Å²) in [6.07, 6.45) is 1.93. The summed E-state index contributed by atoms with van der Waals surface area (Å²) in [5, 5.41) is 9.10. The molecule has 1 aliphatic heterocycles. The number of hydrogen-bond acceptors (Lipinski definition) is 3. The van der Waals surface area contributed by atoms with Gasteiger partial charge in [0.1, 0.15) is 0 Å². The van der Waals surface area contributed by atoms with Crippen molar-refractivity contribution in [1.82, 2.24) is 4.90 Å². The first kappa shape index (κ1) is 16.2. The number of anilines is 1. The normalized spacial score (nSPS) is 16.6. The van der Waals surface area contributed by atoms with Gasteiger partial charge in [-0.1, -0.05) is 24.3 Å². The van der Waals surface area contributed by atoms with E-state index < -0.39 is 0 Å². The van der Waals surface area contributed by atoms with Crippen LogP contribution in [0, 0.1) is 11.3 Å². The van der Waals surface area contributed by atoms with Gasteiger partial charge in [0.05, 0.1) is 17.7 Å². The maximum Gasteiger partial charge on any atom is 0.258 e. The Morgan fingerprint density at radius 2 is 2.04 bits per heavy atom. The van der Waals surface area contributed by atoms with E-state index in [2.05, 4.69) is 17.0 Å². The first-order chi connectivity index (χ1) is 11.6. The number of carbonyl (C=O) groups is 1. The summed E-state index contributed by atoms with van der Waals surface area (Å²) >= 11 is 0. The number of benzene rings is 2. The highest BCUT2D eigenvalue weighted by Crippen LogP contribution is 2.32. The maximum atomic E-state index is 13.2. The van der Waals surface area contributed by atoms with Gasteiger partial charge in [-0.15, -0.1) is 0 Å². The van der Waals surface area contributed by atoms with Crippen molar-refractivity contribution in [3.05, 3.63) is 65.2 Å². The summed E-state index contributed by atoms with van der Waals surface area (Å²) in [6, 6.07) is 17.3. The molecule has 0 saturated carbocycles. The Morgan fingerprint density at radius 3 is 2.79 bits per heavy atom. The second-order valence-corrected chi connectivity index (χ2v) is 6.45. The van der Waals surface area contributed by atoms with Crippen LogP contribution in [-0.2, 0) is 6.42 Å². The van der Waals surface area contributed by atoms with E-state index in [1.807, 2.05) is 37.2 Å². The summed E-state index contributed by atoms with van der Waals surface area (Å²) in [5.41, 5.74) is 3.27. The maximum absolute atomic E-state index is 13.2. The van der Waals surface area contributed by atoms with Crippen molar-refractivity contribution in [3.8, 4) is 6.07 Å². The number of fused-ring (bicyclic) bond motifs is 1. The highest BCUT2D eigenvalue weighted by Gasteiger charge is 2.31. The number of rotatable bonds is 3. The van der Waals surface area contributed by atoms with Crippen LogP contribution in [0.4, 0.5) is 5.69 Å². The third kappa shape index (κ3) is 3.17. The van der Waals surface area contributed by atoms with Gasteiger partial charge in [-0.2, -0.15) is 5.26 Å². The van der Waals surface area contributed by atoms with Crippen LogP contribution in [0.15, 0.2) is 48.5 Å². The predicted octanol–water partition coefficient (Wildman–Crippen LogP) is 3.08. The number of carbonyl (C=O) groups excluding carboxylic acids is 1. The van der Waals surface area contributed by atoms with Gasteiger partial charge < -0.3 is 9.80 Å². The van der Waals surface area contributed by atoms with Gasteiger partial charge in [-0.25, -0.2) is 0 Å². The van der Waals surface area contributed by atoms with Gasteiger partial charge in [-0.05, 0) is 56.8 Å². The minimum absolute atomic E-state index is 0.0360. The molecule has 4 heteroatoms. The van der Waals surface area contributed by atoms with E-state index in [1.165, 1.54) is 5.56 Å². The number of para-hydroxylation sites is 1. The molecule has 24 heavy (non-hydrogen) atoms. The Hall–Kier alpha value is -2.64. The number of hydrogen-bond donors (Lipinski definition) is 0. The van der Waals surface area contributed by atoms with Crippen molar-refractivity contribution in [3.63, 3.8) is 0 Å². The molecule has 2 aromatic carbocycles. The van der Waals surface area contributed by atoms with Crippen LogP contribution < -0.4 is 4.90 Å². The highest BCUT2D eigenvalue weighted by molar-refractivity contribution is 6.07. The Kier molecular flexibility index (Phi) is 4.64. The smallest absolute Gasteiger partial charge is 0.258 e. The lowest BCUT2D eigenvalue weighted by Crippen LogP contribution is -2.48. The number of nitriles is 1. The first-order valence-corrected chi connectivity index (χ1v) is 8.16. The minimum atomic E-state index is -0.0360. The fraction of sp³-hybridized carbons (Fsp3) is 0.300. The Morgan fingerprint density at radius 1 is 1.25 bits per heavy atom. The Bertz CT molecular complexity index is 791. The zero-order valence-corrected chi connectivity index (χ0v) is 14.1. The molecule has 0 aliphatic carbocycles. The van der Waals surface area contributed by atoms with Crippen molar-refractivity contribution >= 4 is 11.6 Å². The third-order valence-electron chi connectivity index (χ3n) is 4.40. The quantitative estimate of drug-likeness (QED) is 0.873. The lowest BCUT2D eigenvalue weighted by molar-refractivity contribution is 0.0968. The highest BCUT2D eigenvalue weighted by atomic mass is 16.2. The van der Waals surface area contributed by atoms with E-state index in [9.17, 15) is 4.79 Å². The van der Waals surface area contributed by atoms with Gasteiger partial charge in [0, 0.05) is 17.8 Å². The number of nitrogens with zero attached hydrogens (tertiary/aromatic N) is 3. The van der Waals surface area contributed by atoms with Gasteiger partial charge in [0.15, 0.2) is 0 Å². The summed E-state index contributed by atoms with van der Waals surface area (Å²) in [7, 11) is 4.05. The van der Waals surface area contributed by atoms with Crippen LogP contribution in [0.3, 0.4) is 0 Å². The van der Waals surface area contributed by atoms with Crippen molar-refractivity contribution in [2.45, 2.75) is 18.9 Å². The molecular formula is C20H21N3O. The van der Waals surface area contributed by atoms with E-state index in [0.29, 0.717) is 11.1 Å². The molecule has 0 aromatic heterocycles. The zero-order valence-electron chi connectivity index (χ0n) is 14.1. The largest absolute Gasteiger partial charge is 0.307 e. The summed E-state index contributed by atoms with van der Waals surface area (Å²) < 4.78 is 0. The van der Waals surface area contributed by atoms with E-state index in [0.717, 1.165) is 25.1 Å². The molecule has 1 amide bonds. The molecule has 1 atom stereocenters. The fourth-order valence-electron chi connectivity index (χ4n) is 3.34. The van der Waals surface area contributed by atoms with Gasteiger partial charge in [0.25, 0.3) is 5.91 Å². The molecule has 0 fully saturated rings. The summed E-state index contributed by atoms with van der Waals surface area (Å²) in [5.74, 6) is -0.0360. The zero-order chi connectivity index (χ0) is 17.1. The number of likely N-dealkylation sites (N-methyl/N-ethyl adjacent to an activating group) is 1. The summed E-state index contributed by atoms with van der Waals surface area (Å²) in [6.45, 7) is 0.817. The minimum Gasteiger partial charge on any atom is -0.307 e. The van der Waals surface area contributed by atoms with Crippen LogP contribution in [0.5, 0.6) is 0 Å². The second kappa shape index (κ2) is 6.86. The third-order valence-corrected chi connectivity index (χ3v) is 4.40. The molecule has 1 heterocycles. The van der Waals surface area contributed by atoms with E-state index in [-0.39, 0.29) is 11.9 Å². The van der Waals surface area contributed by atoms with Crippen LogP contribution in [0.2, 0.25) is 0 Å².